The molecule has 0 aliphatic heterocycles. The van der Waals surface area contributed by atoms with Gasteiger partial charge in [0.1, 0.15) is 0 Å². The highest BCUT2D eigenvalue weighted by molar-refractivity contribution is 8.01. The molecule has 1 aliphatic rings. The number of hydrogen-bond acceptors (Lipinski definition) is 1. The average molecular weight is 172 g/mol. The summed E-state index contributed by atoms with van der Waals surface area (Å²) in [5, 5.41) is 0.977. The van der Waals surface area contributed by atoms with Crippen LogP contribution in [-0.2, 0) is 0 Å². The van der Waals surface area contributed by atoms with E-state index in [1.165, 1.54) is 32.1 Å². The first kappa shape index (κ1) is 9.44. The van der Waals surface area contributed by atoms with Gasteiger partial charge in [-0.2, -0.15) is 11.8 Å². The SMILES string of the molecule is CCC(C)(C)SC1CCCC1. The van der Waals surface area contributed by atoms with Gasteiger partial charge < -0.3 is 0 Å². The summed E-state index contributed by atoms with van der Waals surface area (Å²) in [4.78, 5) is 0. The van der Waals surface area contributed by atoms with E-state index in [2.05, 4.69) is 32.5 Å². The molecule has 0 amide bonds. The molecule has 0 aromatic rings. The van der Waals surface area contributed by atoms with Gasteiger partial charge in [0, 0.05) is 10.00 Å². The van der Waals surface area contributed by atoms with Crippen molar-refractivity contribution in [1.29, 1.82) is 0 Å². The van der Waals surface area contributed by atoms with Gasteiger partial charge in [-0.25, -0.2) is 0 Å². The second-order valence-electron chi connectivity index (χ2n) is 4.14. The van der Waals surface area contributed by atoms with Crippen LogP contribution in [0.3, 0.4) is 0 Å². The van der Waals surface area contributed by atoms with Crippen molar-refractivity contribution in [3.05, 3.63) is 0 Å². The van der Waals surface area contributed by atoms with E-state index in [9.17, 15) is 0 Å². The molecule has 1 heteroatoms. The minimum absolute atomic E-state index is 0.523. The highest BCUT2D eigenvalue weighted by atomic mass is 32.2. The Labute approximate surface area is 75.1 Å². The fourth-order valence-corrected chi connectivity index (χ4v) is 3.18. The molecule has 1 rings (SSSR count). The van der Waals surface area contributed by atoms with Crippen LogP contribution >= 0.6 is 11.8 Å². The molecule has 11 heavy (non-hydrogen) atoms. The Balaban J connectivity index is 2.28. The van der Waals surface area contributed by atoms with Gasteiger partial charge in [0.2, 0.25) is 0 Å². The molecule has 0 N–H and O–H groups in total. The van der Waals surface area contributed by atoms with Gasteiger partial charge in [-0.1, -0.05) is 33.6 Å². The second-order valence-corrected chi connectivity index (χ2v) is 6.15. The molecule has 1 saturated carbocycles. The summed E-state index contributed by atoms with van der Waals surface area (Å²) in [6.07, 6.45) is 7.17. The lowest BCUT2D eigenvalue weighted by Gasteiger charge is -2.25. The molecular weight excluding hydrogens is 152 g/mol. The van der Waals surface area contributed by atoms with Gasteiger partial charge >= 0.3 is 0 Å². The summed E-state index contributed by atoms with van der Waals surface area (Å²) in [5.41, 5.74) is 0. The van der Waals surface area contributed by atoms with Crippen LogP contribution in [0.1, 0.15) is 52.9 Å². The normalized spacial score (nSPS) is 21.0. The summed E-state index contributed by atoms with van der Waals surface area (Å²) in [7, 11) is 0. The van der Waals surface area contributed by atoms with Crippen LogP contribution in [-0.4, -0.2) is 10.00 Å². The van der Waals surface area contributed by atoms with Gasteiger partial charge in [0.25, 0.3) is 0 Å². The monoisotopic (exact) mass is 172 g/mol. The Kier molecular flexibility index (Phi) is 3.29. The molecule has 0 aromatic carbocycles. The molecule has 0 atom stereocenters. The minimum Gasteiger partial charge on any atom is -0.152 e. The fourth-order valence-electron chi connectivity index (χ4n) is 1.54. The lowest BCUT2D eigenvalue weighted by Crippen LogP contribution is -2.16. The van der Waals surface area contributed by atoms with E-state index in [1.807, 2.05) is 0 Å². The van der Waals surface area contributed by atoms with Crippen molar-refractivity contribution in [1.82, 2.24) is 0 Å². The lowest BCUT2D eigenvalue weighted by molar-refractivity contribution is 0.676. The summed E-state index contributed by atoms with van der Waals surface area (Å²) in [6, 6.07) is 0. The number of thioether (sulfide) groups is 1. The van der Waals surface area contributed by atoms with E-state index in [4.69, 9.17) is 0 Å². The van der Waals surface area contributed by atoms with Gasteiger partial charge in [-0.05, 0) is 19.3 Å². The first-order chi connectivity index (χ1) is 5.14. The standard InChI is InChI=1S/C10H20S/c1-4-10(2,3)11-9-7-5-6-8-9/h9H,4-8H2,1-3H3. The first-order valence-electron chi connectivity index (χ1n) is 4.82. The summed E-state index contributed by atoms with van der Waals surface area (Å²) in [5.74, 6) is 0. The second kappa shape index (κ2) is 3.84. The largest absolute Gasteiger partial charge is 0.152 e. The Hall–Kier alpha value is 0.350. The third-order valence-corrected chi connectivity index (χ3v) is 4.37. The lowest BCUT2D eigenvalue weighted by atomic mass is 10.1. The minimum atomic E-state index is 0.523. The van der Waals surface area contributed by atoms with E-state index >= 15 is 0 Å². The number of hydrogen-bond donors (Lipinski definition) is 0. The summed E-state index contributed by atoms with van der Waals surface area (Å²) < 4.78 is 0.523. The predicted octanol–water partition coefficient (Wildman–Crippen LogP) is 3.85. The van der Waals surface area contributed by atoms with E-state index < -0.39 is 0 Å². The van der Waals surface area contributed by atoms with Crippen LogP contribution in [0.2, 0.25) is 0 Å². The smallest absolute Gasteiger partial charge is 0.0103 e. The molecule has 0 bridgehead atoms. The quantitative estimate of drug-likeness (QED) is 0.623. The molecule has 0 unspecified atom stereocenters. The first-order valence-corrected chi connectivity index (χ1v) is 5.70. The molecule has 66 valence electrons. The van der Waals surface area contributed by atoms with Crippen molar-refractivity contribution in [3.8, 4) is 0 Å². The molecular formula is C10H20S. The highest BCUT2D eigenvalue weighted by Gasteiger charge is 2.24. The molecule has 0 spiro atoms. The molecule has 0 radical (unpaired) electrons. The zero-order chi connectivity index (χ0) is 8.32. The van der Waals surface area contributed by atoms with Crippen molar-refractivity contribution in [3.63, 3.8) is 0 Å². The summed E-state index contributed by atoms with van der Waals surface area (Å²) in [6.45, 7) is 7.04. The van der Waals surface area contributed by atoms with Crippen LogP contribution in [0, 0.1) is 0 Å². The Morgan fingerprint density at radius 1 is 1.27 bits per heavy atom. The zero-order valence-electron chi connectivity index (χ0n) is 8.02. The molecule has 1 aliphatic carbocycles. The Morgan fingerprint density at radius 2 is 1.82 bits per heavy atom. The van der Waals surface area contributed by atoms with Crippen molar-refractivity contribution in [2.75, 3.05) is 0 Å². The maximum absolute atomic E-state index is 2.37. The van der Waals surface area contributed by atoms with Gasteiger partial charge in [0.15, 0.2) is 0 Å². The third kappa shape index (κ3) is 3.06. The Morgan fingerprint density at radius 3 is 2.27 bits per heavy atom. The van der Waals surface area contributed by atoms with E-state index in [1.54, 1.807) is 0 Å². The van der Waals surface area contributed by atoms with Crippen LogP contribution in [0.5, 0.6) is 0 Å². The van der Waals surface area contributed by atoms with Crippen molar-refractivity contribution in [2.45, 2.75) is 62.9 Å². The molecule has 1 fully saturated rings. The molecule has 0 saturated heterocycles. The topological polar surface area (TPSA) is 0 Å². The average Bonchev–Trinajstić information content (AvgIpc) is 2.39. The highest BCUT2D eigenvalue weighted by Crippen LogP contribution is 2.39. The van der Waals surface area contributed by atoms with Gasteiger partial charge in [0.05, 0.1) is 0 Å². The van der Waals surface area contributed by atoms with Crippen molar-refractivity contribution < 1.29 is 0 Å². The number of rotatable bonds is 3. The Bertz CT molecular complexity index is 112. The fraction of sp³-hybridized carbons (Fsp3) is 1.00. The maximum Gasteiger partial charge on any atom is 0.0103 e. The van der Waals surface area contributed by atoms with Crippen molar-refractivity contribution >= 4 is 11.8 Å². The van der Waals surface area contributed by atoms with Crippen LogP contribution in [0.4, 0.5) is 0 Å². The van der Waals surface area contributed by atoms with Crippen LogP contribution < -0.4 is 0 Å². The van der Waals surface area contributed by atoms with E-state index in [0.717, 1.165) is 5.25 Å². The predicted molar refractivity (Wildman–Crippen MR) is 54.2 cm³/mol. The molecule has 0 heterocycles. The van der Waals surface area contributed by atoms with Crippen LogP contribution in [0.15, 0.2) is 0 Å². The third-order valence-electron chi connectivity index (χ3n) is 2.64. The zero-order valence-corrected chi connectivity index (χ0v) is 8.84. The molecule has 0 nitrogen and oxygen atoms in total. The van der Waals surface area contributed by atoms with Gasteiger partial charge in [-0.3, -0.25) is 0 Å². The van der Waals surface area contributed by atoms with E-state index in [0.29, 0.717) is 4.75 Å². The summed E-state index contributed by atoms with van der Waals surface area (Å²) >= 11 is 2.21. The van der Waals surface area contributed by atoms with Gasteiger partial charge in [-0.15, -0.1) is 0 Å². The van der Waals surface area contributed by atoms with E-state index in [-0.39, 0.29) is 0 Å². The van der Waals surface area contributed by atoms with Crippen molar-refractivity contribution in [2.24, 2.45) is 0 Å². The molecule has 0 aromatic heterocycles. The maximum atomic E-state index is 2.37. The van der Waals surface area contributed by atoms with Crippen LogP contribution in [0.25, 0.3) is 0 Å².